The Morgan fingerprint density at radius 2 is 1.71 bits per heavy atom. The molecule has 2 nitrogen and oxygen atoms in total. The molecule has 0 amide bonds. The predicted molar refractivity (Wildman–Crippen MR) is 55.6 cm³/mol. The third-order valence-corrected chi connectivity index (χ3v) is 3.13. The van der Waals surface area contributed by atoms with Crippen molar-refractivity contribution in [1.29, 1.82) is 0 Å². The third-order valence-electron chi connectivity index (χ3n) is 3.13. The van der Waals surface area contributed by atoms with Crippen molar-refractivity contribution >= 4 is 5.71 Å². The van der Waals surface area contributed by atoms with E-state index in [1.54, 1.807) is 0 Å². The second kappa shape index (κ2) is 4.34. The minimum absolute atomic E-state index is 0. The predicted octanol–water partition coefficient (Wildman–Crippen LogP) is 3.18. The molecule has 0 saturated carbocycles. The number of hydrogen-bond acceptors (Lipinski definition) is 2. The summed E-state index contributed by atoms with van der Waals surface area (Å²) in [7, 11) is 0. The second-order valence-electron chi connectivity index (χ2n) is 5.15. The molecular formula is C11H20NOW-. The van der Waals surface area contributed by atoms with Crippen LogP contribution in [-0.4, -0.2) is 11.3 Å². The largest absolute Gasteiger partial charge is 0.389 e. The molecule has 1 aliphatic heterocycles. The molecule has 0 saturated heterocycles. The fourth-order valence-electron chi connectivity index (χ4n) is 1.33. The van der Waals surface area contributed by atoms with E-state index in [0.29, 0.717) is 0 Å². The van der Waals surface area contributed by atoms with Crippen LogP contribution in [0.25, 0.3) is 0 Å². The van der Waals surface area contributed by atoms with Crippen LogP contribution in [0.5, 0.6) is 0 Å². The van der Waals surface area contributed by atoms with E-state index in [1.165, 1.54) is 5.92 Å². The van der Waals surface area contributed by atoms with E-state index in [4.69, 9.17) is 4.84 Å². The zero-order valence-electron chi connectivity index (χ0n) is 9.97. The zero-order chi connectivity index (χ0) is 10.3. The van der Waals surface area contributed by atoms with Crippen molar-refractivity contribution in [2.24, 2.45) is 10.6 Å². The Bertz CT molecular complexity index is 231. The van der Waals surface area contributed by atoms with Gasteiger partial charge in [0.25, 0.3) is 0 Å². The average molecular weight is 366 g/mol. The number of hydrogen-bond donors (Lipinski definition) is 0. The van der Waals surface area contributed by atoms with Gasteiger partial charge in [-0.3, -0.25) is 0 Å². The third kappa shape index (κ3) is 2.39. The Balaban J connectivity index is 0.00000169. The standard InChI is InChI=1S/C11H20NO.W/c1-8(2)7-9-10(3,4)11(5,6)13-12-9;/h7H2,1-6H3;/q-1;. The van der Waals surface area contributed by atoms with Crippen molar-refractivity contribution in [3.63, 3.8) is 0 Å². The maximum Gasteiger partial charge on any atom is 0.142 e. The molecule has 1 rings (SSSR count). The first-order valence-corrected chi connectivity index (χ1v) is 4.82. The van der Waals surface area contributed by atoms with Gasteiger partial charge in [-0.25, -0.2) is 0 Å². The molecule has 14 heavy (non-hydrogen) atoms. The van der Waals surface area contributed by atoms with Crippen LogP contribution in [0.3, 0.4) is 0 Å². The van der Waals surface area contributed by atoms with Crippen LogP contribution in [0.15, 0.2) is 5.16 Å². The molecular weight excluding hydrogens is 346 g/mol. The molecule has 0 unspecified atom stereocenters. The average Bonchev–Trinajstić information content (AvgIpc) is 2.11. The number of oxime groups is 1. The fourth-order valence-corrected chi connectivity index (χ4v) is 1.33. The van der Waals surface area contributed by atoms with Gasteiger partial charge in [0, 0.05) is 32.2 Å². The van der Waals surface area contributed by atoms with E-state index in [-0.39, 0.29) is 32.1 Å². The molecule has 0 aromatic carbocycles. The number of rotatable bonds is 2. The van der Waals surface area contributed by atoms with Gasteiger partial charge in [-0.1, -0.05) is 19.0 Å². The molecule has 0 aliphatic carbocycles. The van der Waals surface area contributed by atoms with Gasteiger partial charge in [-0.2, -0.15) is 13.8 Å². The van der Waals surface area contributed by atoms with Crippen LogP contribution >= 0.6 is 0 Å². The van der Waals surface area contributed by atoms with E-state index in [0.717, 1.165) is 12.1 Å². The summed E-state index contributed by atoms with van der Waals surface area (Å²) in [6.45, 7) is 12.8. The van der Waals surface area contributed by atoms with E-state index in [9.17, 15) is 0 Å². The molecule has 0 radical (unpaired) electrons. The normalized spacial score (nSPS) is 22.6. The topological polar surface area (TPSA) is 21.6 Å². The first-order valence-electron chi connectivity index (χ1n) is 4.82. The van der Waals surface area contributed by atoms with Crippen LogP contribution in [0.4, 0.5) is 0 Å². The Hall–Kier alpha value is 0.158. The Kier molecular flexibility index (Phi) is 4.39. The summed E-state index contributed by atoms with van der Waals surface area (Å²) < 4.78 is 0. The van der Waals surface area contributed by atoms with Gasteiger partial charge in [-0.15, -0.1) is 6.42 Å². The fraction of sp³-hybridized carbons (Fsp3) is 0.818. The van der Waals surface area contributed by atoms with E-state index in [1.807, 2.05) is 0 Å². The van der Waals surface area contributed by atoms with Gasteiger partial charge in [0.05, 0.1) is 0 Å². The molecule has 0 fully saturated rings. The second-order valence-corrected chi connectivity index (χ2v) is 5.15. The molecule has 1 heterocycles. The Labute approximate surface area is 102 Å². The summed E-state index contributed by atoms with van der Waals surface area (Å²) in [4.78, 5) is 5.44. The van der Waals surface area contributed by atoms with E-state index < -0.39 is 0 Å². The monoisotopic (exact) mass is 366 g/mol. The van der Waals surface area contributed by atoms with E-state index in [2.05, 4.69) is 46.7 Å². The molecule has 3 heteroatoms. The molecule has 0 aromatic rings. The molecule has 0 spiro atoms. The molecule has 82 valence electrons. The summed E-state index contributed by atoms with van der Waals surface area (Å²) in [5.41, 5.74) is 1.04. The van der Waals surface area contributed by atoms with Crippen LogP contribution in [-0.2, 0) is 25.9 Å². The van der Waals surface area contributed by atoms with Crippen molar-refractivity contribution in [2.45, 2.75) is 53.6 Å². The summed E-state index contributed by atoms with van der Waals surface area (Å²) in [6.07, 6.45) is 0.955. The molecule has 0 N–H and O–H groups in total. The van der Waals surface area contributed by atoms with Crippen LogP contribution in [0, 0.1) is 11.3 Å². The van der Waals surface area contributed by atoms with Crippen LogP contribution in [0.1, 0.15) is 48.0 Å². The van der Waals surface area contributed by atoms with E-state index >= 15 is 0 Å². The molecule has 0 bridgehead atoms. The minimum Gasteiger partial charge on any atom is -0.389 e. The molecule has 0 aromatic heterocycles. The SMILES string of the molecule is C[C-](C)CC1=NOC(C)(C)C1(C)C.[W]. The van der Waals surface area contributed by atoms with Crippen molar-refractivity contribution < 1.29 is 25.9 Å². The summed E-state index contributed by atoms with van der Waals surface area (Å²) >= 11 is 0. The van der Waals surface area contributed by atoms with Crippen LogP contribution < -0.4 is 0 Å². The maximum absolute atomic E-state index is 5.44. The Morgan fingerprint density at radius 3 is 2.00 bits per heavy atom. The van der Waals surface area contributed by atoms with Gasteiger partial charge in [0.15, 0.2) is 0 Å². The van der Waals surface area contributed by atoms with Crippen molar-refractivity contribution in [1.82, 2.24) is 0 Å². The first-order chi connectivity index (χ1) is 5.77. The van der Waals surface area contributed by atoms with Gasteiger partial charge in [0.1, 0.15) is 5.60 Å². The zero-order valence-corrected chi connectivity index (χ0v) is 12.9. The first kappa shape index (κ1) is 14.2. The van der Waals surface area contributed by atoms with Gasteiger partial charge in [-0.05, 0) is 13.8 Å². The van der Waals surface area contributed by atoms with Crippen molar-refractivity contribution in [2.75, 3.05) is 0 Å². The minimum atomic E-state index is -0.169. The molecule has 1 aliphatic rings. The smallest absolute Gasteiger partial charge is 0.142 e. The van der Waals surface area contributed by atoms with Crippen molar-refractivity contribution in [3.05, 3.63) is 5.92 Å². The Morgan fingerprint density at radius 1 is 1.21 bits per heavy atom. The maximum atomic E-state index is 5.44. The summed E-state index contributed by atoms with van der Waals surface area (Å²) in [5.74, 6) is 1.38. The van der Waals surface area contributed by atoms with Gasteiger partial charge < -0.3 is 10.8 Å². The summed E-state index contributed by atoms with van der Waals surface area (Å²) in [6, 6.07) is 0. The van der Waals surface area contributed by atoms with Crippen molar-refractivity contribution in [3.8, 4) is 0 Å². The molecule has 0 atom stereocenters. The number of nitrogens with zero attached hydrogens (tertiary/aromatic N) is 1. The van der Waals surface area contributed by atoms with Gasteiger partial charge >= 0.3 is 0 Å². The summed E-state index contributed by atoms with van der Waals surface area (Å²) in [5, 5.41) is 4.18. The van der Waals surface area contributed by atoms with Gasteiger partial charge in [0.2, 0.25) is 0 Å². The van der Waals surface area contributed by atoms with Crippen LogP contribution in [0.2, 0.25) is 0 Å². The quantitative estimate of drug-likeness (QED) is 0.688.